The Labute approximate surface area is 106 Å². The SMILES string of the molecule is O=C(C1OCCc2ccccc21)N1CC[C@@H](O)C1. The van der Waals surface area contributed by atoms with Gasteiger partial charge in [-0.05, 0) is 24.0 Å². The highest BCUT2D eigenvalue weighted by Crippen LogP contribution is 2.29. The van der Waals surface area contributed by atoms with Crippen LogP contribution in [0, 0.1) is 0 Å². The molecule has 1 saturated heterocycles. The van der Waals surface area contributed by atoms with Gasteiger partial charge in [0.25, 0.3) is 5.91 Å². The van der Waals surface area contributed by atoms with E-state index >= 15 is 0 Å². The zero-order valence-electron chi connectivity index (χ0n) is 10.2. The van der Waals surface area contributed by atoms with Crippen molar-refractivity contribution < 1.29 is 14.6 Å². The van der Waals surface area contributed by atoms with Crippen LogP contribution < -0.4 is 0 Å². The number of rotatable bonds is 1. The fourth-order valence-electron chi connectivity index (χ4n) is 2.71. The fraction of sp³-hybridized carbons (Fsp3) is 0.500. The lowest BCUT2D eigenvalue weighted by Gasteiger charge is -2.28. The summed E-state index contributed by atoms with van der Waals surface area (Å²) in [7, 11) is 0. The van der Waals surface area contributed by atoms with E-state index in [0.717, 1.165) is 12.0 Å². The normalized spacial score (nSPS) is 27.1. The van der Waals surface area contributed by atoms with Crippen LogP contribution in [-0.2, 0) is 16.0 Å². The van der Waals surface area contributed by atoms with Crippen LogP contribution >= 0.6 is 0 Å². The molecule has 1 N–H and O–H groups in total. The Morgan fingerprint density at radius 3 is 3.00 bits per heavy atom. The molecule has 1 amide bonds. The smallest absolute Gasteiger partial charge is 0.256 e. The highest BCUT2D eigenvalue weighted by Gasteiger charge is 2.34. The molecule has 0 aromatic heterocycles. The first-order chi connectivity index (χ1) is 8.75. The zero-order valence-corrected chi connectivity index (χ0v) is 10.2. The number of carbonyl (C=O) groups is 1. The predicted octanol–water partition coefficient (Wildman–Crippen LogP) is 0.894. The summed E-state index contributed by atoms with van der Waals surface area (Å²) in [6, 6.07) is 7.94. The summed E-state index contributed by atoms with van der Waals surface area (Å²) in [5, 5.41) is 9.51. The van der Waals surface area contributed by atoms with Crippen molar-refractivity contribution in [1.29, 1.82) is 0 Å². The summed E-state index contributed by atoms with van der Waals surface area (Å²) in [6.07, 6.45) is 0.663. The molecule has 2 aliphatic rings. The summed E-state index contributed by atoms with van der Waals surface area (Å²) < 4.78 is 5.64. The van der Waals surface area contributed by atoms with E-state index in [9.17, 15) is 9.90 Å². The minimum absolute atomic E-state index is 0.0151. The Balaban J connectivity index is 1.83. The Morgan fingerprint density at radius 1 is 1.39 bits per heavy atom. The van der Waals surface area contributed by atoms with E-state index in [1.807, 2.05) is 18.2 Å². The van der Waals surface area contributed by atoms with Gasteiger partial charge in [-0.15, -0.1) is 0 Å². The third-order valence-electron chi connectivity index (χ3n) is 3.69. The van der Waals surface area contributed by atoms with E-state index in [-0.39, 0.29) is 12.0 Å². The van der Waals surface area contributed by atoms with Crippen molar-refractivity contribution >= 4 is 5.91 Å². The number of ether oxygens (including phenoxy) is 1. The first-order valence-electron chi connectivity index (χ1n) is 6.42. The minimum Gasteiger partial charge on any atom is -0.391 e. The lowest BCUT2D eigenvalue weighted by molar-refractivity contribution is -0.144. The van der Waals surface area contributed by atoms with Crippen molar-refractivity contribution in [3.8, 4) is 0 Å². The molecule has 2 aliphatic heterocycles. The number of benzene rings is 1. The van der Waals surface area contributed by atoms with Gasteiger partial charge in [-0.25, -0.2) is 0 Å². The summed E-state index contributed by atoms with van der Waals surface area (Å²) >= 11 is 0. The van der Waals surface area contributed by atoms with Gasteiger partial charge < -0.3 is 14.7 Å². The number of β-amino-alcohol motifs (C(OH)–C–C–N with tert-alkyl or cyclic N) is 1. The Hall–Kier alpha value is -1.39. The van der Waals surface area contributed by atoms with Gasteiger partial charge in [0, 0.05) is 13.1 Å². The molecule has 4 nitrogen and oxygen atoms in total. The molecule has 0 bridgehead atoms. The van der Waals surface area contributed by atoms with Crippen LogP contribution in [0.5, 0.6) is 0 Å². The fourth-order valence-corrected chi connectivity index (χ4v) is 2.71. The highest BCUT2D eigenvalue weighted by molar-refractivity contribution is 5.83. The summed E-state index contributed by atoms with van der Waals surface area (Å²) in [4.78, 5) is 14.1. The molecule has 0 saturated carbocycles. The van der Waals surface area contributed by atoms with Crippen LogP contribution in [0.4, 0.5) is 0 Å². The Morgan fingerprint density at radius 2 is 2.22 bits per heavy atom. The number of hydrogen-bond acceptors (Lipinski definition) is 3. The largest absolute Gasteiger partial charge is 0.391 e. The third kappa shape index (κ3) is 2.02. The molecule has 1 aromatic carbocycles. The van der Waals surface area contributed by atoms with Gasteiger partial charge in [0.2, 0.25) is 0 Å². The van der Waals surface area contributed by atoms with Crippen molar-refractivity contribution in [2.24, 2.45) is 0 Å². The number of hydrogen-bond donors (Lipinski definition) is 1. The lowest BCUT2D eigenvalue weighted by Crippen LogP contribution is -2.37. The van der Waals surface area contributed by atoms with E-state index in [1.165, 1.54) is 5.56 Å². The third-order valence-corrected chi connectivity index (χ3v) is 3.69. The molecule has 3 rings (SSSR count). The molecular formula is C14H17NO3. The molecule has 1 unspecified atom stereocenters. The highest BCUT2D eigenvalue weighted by atomic mass is 16.5. The van der Waals surface area contributed by atoms with E-state index in [4.69, 9.17) is 4.74 Å². The van der Waals surface area contributed by atoms with Gasteiger partial charge in [0.05, 0.1) is 12.7 Å². The molecule has 4 heteroatoms. The topological polar surface area (TPSA) is 49.8 Å². The van der Waals surface area contributed by atoms with Crippen molar-refractivity contribution in [3.63, 3.8) is 0 Å². The van der Waals surface area contributed by atoms with Crippen molar-refractivity contribution in [3.05, 3.63) is 35.4 Å². The van der Waals surface area contributed by atoms with Crippen molar-refractivity contribution in [2.75, 3.05) is 19.7 Å². The quantitative estimate of drug-likeness (QED) is 0.802. The maximum Gasteiger partial charge on any atom is 0.256 e. The van der Waals surface area contributed by atoms with Crippen LogP contribution in [0.3, 0.4) is 0 Å². The van der Waals surface area contributed by atoms with Gasteiger partial charge in [0.1, 0.15) is 0 Å². The first-order valence-corrected chi connectivity index (χ1v) is 6.42. The monoisotopic (exact) mass is 247 g/mol. The second-order valence-electron chi connectivity index (χ2n) is 4.93. The summed E-state index contributed by atoms with van der Waals surface area (Å²) in [5.41, 5.74) is 2.18. The number of likely N-dealkylation sites (tertiary alicyclic amines) is 1. The summed E-state index contributed by atoms with van der Waals surface area (Å²) in [6.45, 7) is 1.65. The zero-order chi connectivity index (χ0) is 12.5. The first kappa shape index (κ1) is 11.7. The van der Waals surface area contributed by atoms with E-state index in [2.05, 4.69) is 6.07 Å². The number of nitrogens with zero attached hydrogens (tertiary/aromatic N) is 1. The maximum absolute atomic E-state index is 12.4. The molecule has 2 atom stereocenters. The van der Waals surface area contributed by atoms with E-state index in [1.54, 1.807) is 4.90 Å². The number of amides is 1. The van der Waals surface area contributed by atoms with Gasteiger partial charge in [0.15, 0.2) is 6.10 Å². The summed E-state index contributed by atoms with van der Waals surface area (Å²) in [5.74, 6) is -0.0151. The van der Waals surface area contributed by atoms with Crippen molar-refractivity contribution in [1.82, 2.24) is 4.90 Å². The van der Waals surface area contributed by atoms with Crippen LogP contribution in [-0.4, -0.2) is 41.7 Å². The van der Waals surface area contributed by atoms with Crippen LogP contribution in [0.15, 0.2) is 24.3 Å². The molecule has 96 valence electrons. The molecule has 0 radical (unpaired) electrons. The van der Waals surface area contributed by atoms with Crippen molar-refractivity contribution in [2.45, 2.75) is 25.0 Å². The van der Waals surface area contributed by atoms with Gasteiger partial charge >= 0.3 is 0 Å². The minimum atomic E-state index is -0.486. The number of aliphatic hydroxyl groups excluding tert-OH is 1. The number of aliphatic hydroxyl groups is 1. The average molecular weight is 247 g/mol. The second-order valence-corrected chi connectivity index (χ2v) is 4.93. The molecular weight excluding hydrogens is 230 g/mol. The van der Waals surface area contributed by atoms with E-state index < -0.39 is 6.10 Å². The van der Waals surface area contributed by atoms with Gasteiger partial charge in [-0.1, -0.05) is 24.3 Å². The molecule has 18 heavy (non-hydrogen) atoms. The van der Waals surface area contributed by atoms with Gasteiger partial charge in [-0.2, -0.15) is 0 Å². The van der Waals surface area contributed by atoms with Crippen LogP contribution in [0.25, 0.3) is 0 Å². The van der Waals surface area contributed by atoms with Crippen LogP contribution in [0.2, 0.25) is 0 Å². The van der Waals surface area contributed by atoms with E-state index in [0.29, 0.717) is 26.1 Å². The Bertz CT molecular complexity index is 460. The molecule has 0 aliphatic carbocycles. The lowest BCUT2D eigenvalue weighted by atomic mass is 9.97. The number of fused-ring (bicyclic) bond motifs is 1. The maximum atomic E-state index is 12.4. The molecule has 1 fully saturated rings. The molecule has 1 aromatic rings. The van der Waals surface area contributed by atoms with Crippen LogP contribution in [0.1, 0.15) is 23.7 Å². The number of carbonyl (C=O) groups excluding carboxylic acids is 1. The van der Waals surface area contributed by atoms with Gasteiger partial charge in [-0.3, -0.25) is 4.79 Å². The average Bonchev–Trinajstić information content (AvgIpc) is 2.84. The second kappa shape index (κ2) is 4.71. The Kier molecular flexibility index (Phi) is 3.06. The molecule has 2 heterocycles. The standard InChI is InChI=1S/C14H17NO3/c16-11-5-7-15(9-11)14(17)13-12-4-2-1-3-10(12)6-8-18-13/h1-4,11,13,16H,5-9H2/t11-,13?/m1/s1. The predicted molar refractivity (Wildman–Crippen MR) is 66.0 cm³/mol. The molecule has 0 spiro atoms.